The van der Waals surface area contributed by atoms with Crippen molar-refractivity contribution in [2.24, 2.45) is 5.92 Å². The number of hydrogen-bond donors (Lipinski definition) is 1. The Hall–Kier alpha value is -1.16. The average molecular weight is 279 g/mol. The molecule has 3 nitrogen and oxygen atoms in total. The van der Waals surface area contributed by atoms with Gasteiger partial charge in [-0.3, -0.25) is 0 Å². The number of rotatable bonds is 7. The summed E-state index contributed by atoms with van der Waals surface area (Å²) in [5, 5.41) is 3.36. The molecule has 1 fully saturated rings. The minimum Gasteiger partial charge on any atom is -0.353 e. The zero-order chi connectivity index (χ0) is 14.7. The zero-order valence-electron chi connectivity index (χ0n) is 13.0. The van der Waals surface area contributed by atoms with E-state index in [0.717, 1.165) is 17.9 Å². The second-order valence-electron chi connectivity index (χ2n) is 6.45. The monoisotopic (exact) mass is 279 g/mol. The van der Waals surface area contributed by atoms with Gasteiger partial charge in [0.25, 0.3) is 0 Å². The van der Waals surface area contributed by atoms with Crippen LogP contribution in [-0.4, -0.2) is 23.6 Å². The van der Waals surface area contributed by atoms with Gasteiger partial charge in [0.05, 0.1) is 6.20 Å². The summed E-state index contributed by atoms with van der Waals surface area (Å²) in [4.78, 5) is 6.74. The van der Waals surface area contributed by atoms with E-state index < -0.39 is 0 Å². The van der Waals surface area contributed by atoms with Crippen molar-refractivity contribution in [3.63, 3.8) is 0 Å². The fourth-order valence-corrected chi connectivity index (χ4v) is 2.36. The largest absolute Gasteiger partial charge is 0.353 e. The van der Waals surface area contributed by atoms with Crippen molar-refractivity contribution >= 4 is 5.82 Å². The topological polar surface area (TPSA) is 28.2 Å². The van der Waals surface area contributed by atoms with E-state index in [-0.39, 0.29) is 5.82 Å². The van der Waals surface area contributed by atoms with Gasteiger partial charge in [0, 0.05) is 30.7 Å². The van der Waals surface area contributed by atoms with Crippen LogP contribution in [0.2, 0.25) is 0 Å². The van der Waals surface area contributed by atoms with Crippen LogP contribution < -0.4 is 10.2 Å². The molecule has 1 saturated carbocycles. The summed E-state index contributed by atoms with van der Waals surface area (Å²) in [6, 6.07) is 2.59. The minimum atomic E-state index is -0.255. The van der Waals surface area contributed by atoms with Crippen LogP contribution in [0.5, 0.6) is 0 Å². The first kappa shape index (κ1) is 15.2. The van der Waals surface area contributed by atoms with Gasteiger partial charge in [-0.15, -0.1) is 0 Å². The van der Waals surface area contributed by atoms with Crippen molar-refractivity contribution in [3.8, 4) is 0 Å². The van der Waals surface area contributed by atoms with Crippen molar-refractivity contribution < 1.29 is 4.39 Å². The highest BCUT2D eigenvalue weighted by atomic mass is 19.1. The molecule has 0 atom stereocenters. The molecule has 0 unspecified atom stereocenters. The van der Waals surface area contributed by atoms with Crippen LogP contribution in [0.15, 0.2) is 12.3 Å². The summed E-state index contributed by atoms with van der Waals surface area (Å²) < 4.78 is 13.5. The van der Waals surface area contributed by atoms with Gasteiger partial charge in [-0.05, 0) is 24.8 Å². The van der Waals surface area contributed by atoms with Gasteiger partial charge in [-0.25, -0.2) is 9.37 Å². The lowest BCUT2D eigenvalue weighted by molar-refractivity contribution is 0.566. The second kappa shape index (κ2) is 6.53. The Balaban J connectivity index is 2.22. The molecule has 2 rings (SSSR count). The minimum absolute atomic E-state index is 0.255. The van der Waals surface area contributed by atoms with E-state index in [1.54, 1.807) is 6.07 Å². The lowest BCUT2D eigenvalue weighted by Crippen LogP contribution is -2.32. The molecule has 1 aliphatic carbocycles. The van der Waals surface area contributed by atoms with E-state index in [0.29, 0.717) is 24.5 Å². The van der Waals surface area contributed by atoms with Crippen molar-refractivity contribution in [2.75, 3.05) is 11.4 Å². The maximum absolute atomic E-state index is 13.5. The molecule has 1 N–H and O–H groups in total. The molecule has 0 aliphatic heterocycles. The van der Waals surface area contributed by atoms with Crippen LogP contribution >= 0.6 is 0 Å². The summed E-state index contributed by atoms with van der Waals surface area (Å²) in [7, 11) is 0. The highest BCUT2D eigenvalue weighted by molar-refractivity contribution is 5.49. The number of nitrogens with one attached hydrogen (secondary N) is 1. The summed E-state index contributed by atoms with van der Waals surface area (Å²) in [6.07, 6.45) is 3.79. The molecular formula is C16H26FN3. The third-order valence-electron chi connectivity index (χ3n) is 3.43. The van der Waals surface area contributed by atoms with Crippen LogP contribution in [0.25, 0.3) is 0 Å². The van der Waals surface area contributed by atoms with Crippen molar-refractivity contribution in [1.29, 1.82) is 0 Å². The first-order chi connectivity index (χ1) is 9.47. The van der Waals surface area contributed by atoms with Crippen LogP contribution in [0.3, 0.4) is 0 Å². The number of anilines is 1. The SMILES string of the molecule is CC(C)CN(c1ncc(F)cc1CNC(C)C)C1CC1. The molecule has 0 aromatic carbocycles. The third-order valence-corrected chi connectivity index (χ3v) is 3.43. The normalized spacial score (nSPS) is 15.2. The van der Waals surface area contributed by atoms with Crippen molar-refractivity contribution in [3.05, 3.63) is 23.6 Å². The molecule has 1 aromatic heterocycles. The van der Waals surface area contributed by atoms with Gasteiger partial charge >= 0.3 is 0 Å². The van der Waals surface area contributed by atoms with E-state index in [1.807, 2.05) is 0 Å². The standard InChI is InChI=1S/C16H26FN3/c1-11(2)10-20(15-5-6-15)16-13(8-18-12(3)4)7-14(17)9-19-16/h7,9,11-12,15,18H,5-6,8,10H2,1-4H3. The van der Waals surface area contributed by atoms with Gasteiger partial charge in [-0.2, -0.15) is 0 Å². The van der Waals surface area contributed by atoms with E-state index in [4.69, 9.17) is 0 Å². The maximum atomic E-state index is 13.5. The molecule has 1 aliphatic rings. The molecule has 20 heavy (non-hydrogen) atoms. The molecule has 1 aromatic rings. The zero-order valence-corrected chi connectivity index (χ0v) is 13.0. The number of hydrogen-bond acceptors (Lipinski definition) is 3. The predicted molar refractivity (Wildman–Crippen MR) is 81.4 cm³/mol. The lowest BCUT2D eigenvalue weighted by Gasteiger charge is -2.28. The Labute approximate surface area is 121 Å². The van der Waals surface area contributed by atoms with E-state index in [9.17, 15) is 4.39 Å². The van der Waals surface area contributed by atoms with Gasteiger partial charge in [-0.1, -0.05) is 27.7 Å². The van der Waals surface area contributed by atoms with E-state index in [2.05, 4.69) is 42.9 Å². The molecule has 0 saturated heterocycles. The molecule has 112 valence electrons. The Kier molecular flexibility index (Phi) is 4.97. The molecule has 0 amide bonds. The fraction of sp³-hybridized carbons (Fsp3) is 0.688. The number of pyridine rings is 1. The predicted octanol–water partition coefficient (Wildman–Crippen LogP) is 3.34. The fourth-order valence-electron chi connectivity index (χ4n) is 2.36. The summed E-state index contributed by atoms with van der Waals surface area (Å²) >= 11 is 0. The quantitative estimate of drug-likeness (QED) is 0.829. The number of nitrogens with zero attached hydrogens (tertiary/aromatic N) is 2. The smallest absolute Gasteiger partial charge is 0.141 e. The van der Waals surface area contributed by atoms with Gasteiger partial charge < -0.3 is 10.2 Å². The van der Waals surface area contributed by atoms with E-state index in [1.165, 1.54) is 19.0 Å². The Morgan fingerprint density at radius 2 is 2.05 bits per heavy atom. The molecule has 4 heteroatoms. The van der Waals surface area contributed by atoms with E-state index >= 15 is 0 Å². The molecule has 0 bridgehead atoms. The van der Waals surface area contributed by atoms with Crippen LogP contribution in [0.1, 0.15) is 46.1 Å². The summed E-state index contributed by atoms with van der Waals surface area (Å²) in [5.41, 5.74) is 0.964. The maximum Gasteiger partial charge on any atom is 0.141 e. The summed E-state index contributed by atoms with van der Waals surface area (Å²) in [6.45, 7) is 10.3. The Morgan fingerprint density at radius 3 is 2.60 bits per heavy atom. The van der Waals surface area contributed by atoms with Gasteiger partial charge in [0.1, 0.15) is 11.6 Å². The van der Waals surface area contributed by atoms with Gasteiger partial charge in [0.2, 0.25) is 0 Å². The first-order valence-corrected chi connectivity index (χ1v) is 7.61. The second-order valence-corrected chi connectivity index (χ2v) is 6.45. The van der Waals surface area contributed by atoms with Crippen molar-refractivity contribution in [2.45, 2.75) is 59.2 Å². The summed E-state index contributed by atoms with van der Waals surface area (Å²) in [5.74, 6) is 1.28. The molecule has 0 radical (unpaired) electrons. The Bertz CT molecular complexity index is 441. The number of halogens is 1. The van der Waals surface area contributed by atoms with Crippen LogP contribution in [0, 0.1) is 11.7 Å². The third kappa shape index (κ3) is 4.17. The lowest BCUT2D eigenvalue weighted by atomic mass is 10.1. The molecule has 1 heterocycles. The molecule has 0 spiro atoms. The van der Waals surface area contributed by atoms with Gasteiger partial charge in [0.15, 0.2) is 0 Å². The molecular weight excluding hydrogens is 253 g/mol. The Morgan fingerprint density at radius 1 is 1.35 bits per heavy atom. The number of aromatic nitrogens is 1. The first-order valence-electron chi connectivity index (χ1n) is 7.61. The average Bonchev–Trinajstić information content (AvgIpc) is 3.18. The van der Waals surface area contributed by atoms with Crippen LogP contribution in [0.4, 0.5) is 10.2 Å². The highest BCUT2D eigenvalue weighted by Crippen LogP contribution is 2.33. The highest BCUT2D eigenvalue weighted by Gasteiger charge is 2.31. The van der Waals surface area contributed by atoms with Crippen LogP contribution in [-0.2, 0) is 6.54 Å². The van der Waals surface area contributed by atoms with Crippen molar-refractivity contribution in [1.82, 2.24) is 10.3 Å².